The predicted octanol–water partition coefficient (Wildman–Crippen LogP) is 3.16. The normalized spacial score (nSPS) is 11.1. The Labute approximate surface area is 119 Å². The predicted molar refractivity (Wildman–Crippen MR) is 76.3 cm³/mol. The molecule has 0 aliphatic carbocycles. The molecule has 0 radical (unpaired) electrons. The van der Waals surface area contributed by atoms with Gasteiger partial charge in [-0.25, -0.2) is 9.97 Å². The van der Waals surface area contributed by atoms with Crippen molar-refractivity contribution >= 4 is 28.8 Å². The summed E-state index contributed by atoms with van der Waals surface area (Å²) in [5, 5.41) is 1.07. The number of imidazole rings is 1. The molecule has 4 nitrogen and oxygen atoms in total. The van der Waals surface area contributed by atoms with Crippen LogP contribution in [0.15, 0.2) is 36.7 Å². The molecule has 0 saturated heterocycles. The van der Waals surface area contributed by atoms with E-state index < -0.39 is 0 Å². The highest BCUT2D eigenvalue weighted by molar-refractivity contribution is 6.30. The molecule has 3 heterocycles. The number of nitrogens with zero attached hydrogens (tertiary/aromatic N) is 3. The SMILES string of the molecule is NCc1cc(-c2cnc3cc(Cl)ccn23)cc(Cl)n1. The molecule has 0 aliphatic rings. The molecule has 0 fully saturated rings. The van der Waals surface area contributed by atoms with E-state index >= 15 is 0 Å². The zero-order valence-electron chi connectivity index (χ0n) is 9.85. The van der Waals surface area contributed by atoms with Gasteiger partial charge in [-0.1, -0.05) is 23.2 Å². The first-order valence-corrected chi connectivity index (χ1v) is 6.42. The van der Waals surface area contributed by atoms with Crippen LogP contribution >= 0.6 is 23.2 Å². The van der Waals surface area contributed by atoms with E-state index in [9.17, 15) is 0 Å². The van der Waals surface area contributed by atoms with Gasteiger partial charge in [-0.15, -0.1) is 0 Å². The fourth-order valence-electron chi connectivity index (χ4n) is 1.97. The quantitative estimate of drug-likeness (QED) is 0.738. The molecular weight excluding hydrogens is 283 g/mol. The Morgan fingerprint density at radius 3 is 2.84 bits per heavy atom. The van der Waals surface area contributed by atoms with Gasteiger partial charge in [0.2, 0.25) is 0 Å². The van der Waals surface area contributed by atoms with Crippen LogP contribution in [0.4, 0.5) is 0 Å². The number of pyridine rings is 2. The molecule has 0 saturated carbocycles. The largest absolute Gasteiger partial charge is 0.325 e. The molecule has 2 N–H and O–H groups in total. The zero-order chi connectivity index (χ0) is 13.4. The van der Waals surface area contributed by atoms with Gasteiger partial charge in [-0.3, -0.25) is 4.40 Å². The van der Waals surface area contributed by atoms with Gasteiger partial charge in [-0.2, -0.15) is 0 Å². The van der Waals surface area contributed by atoms with E-state index in [1.54, 1.807) is 18.3 Å². The van der Waals surface area contributed by atoms with Crippen LogP contribution in [-0.2, 0) is 6.54 Å². The third-order valence-corrected chi connectivity index (χ3v) is 3.26. The number of rotatable bonds is 2. The Kier molecular flexibility index (Phi) is 3.14. The summed E-state index contributed by atoms with van der Waals surface area (Å²) in [7, 11) is 0. The average molecular weight is 293 g/mol. The van der Waals surface area contributed by atoms with Crippen LogP contribution in [0.25, 0.3) is 16.9 Å². The number of halogens is 2. The van der Waals surface area contributed by atoms with E-state index in [1.165, 1.54) is 0 Å². The Balaban J connectivity index is 2.21. The summed E-state index contributed by atoms with van der Waals surface area (Å²) in [6.07, 6.45) is 3.65. The number of hydrogen-bond donors (Lipinski definition) is 1. The highest BCUT2D eigenvalue weighted by Crippen LogP contribution is 2.25. The maximum absolute atomic E-state index is 6.00. The van der Waals surface area contributed by atoms with Crippen LogP contribution in [0.2, 0.25) is 10.2 Å². The first kappa shape index (κ1) is 12.4. The van der Waals surface area contributed by atoms with Gasteiger partial charge in [0.1, 0.15) is 10.8 Å². The van der Waals surface area contributed by atoms with E-state index in [0.717, 1.165) is 22.6 Å². The van der Waals surface area contributed by atoms with Crippen LogP contribution in [0.5, 0.6) is 0 Å². The van der Waals surface area contributed by atoms with Crippen molar-refractivity contribution in [2.45, 2.75) is 6.54 Å². The lowest BCUT2D eigenvalue weighted by Crippen LogP contribution is -2.00. The second-order valence-corrected chi connectivity index (χ2v) is 4.91. The molecule has 3 aromatic heterocycles. The van der Waals surface area contributed by atoms with Crippen LogP contribution in [-0.4, -0.2) is 14.4 Å². The fourth-order valence-corrected chi connectivity index (χ4v) is 2.35. The van der Waals surface area contributed by atoms with Crippen molar-refractivity contribution in [3.8, 4) is 11.3 Å². The van der Waals surface area contributed by atoms with Crippen LogP contribution in [0.3, 0.4) is 0 Å². The molecule has 6 heteroatoms. The molecule has 0 atom stereocenters. The van der Waals surface area contributed by atoms with Crippen LogP contribution in [0.1, 0.15) is 5.69 Å². The molecule has 0 spiro atoms. The average Bonchev–Trinajstić information content (AvgIpc) is 2.80. The van der Waals surface area contributed by atoms with E-state index in [1.807, 2.05) is 22.7 Å². The van der Waals surface area contributed by atoms with Gasteiger partial charge >= 0.3 is 0 Å². The summed E-state index contributed by atoms with van der Waals surface area (Å²) in [4.78, 5) is 8.47. The smallest absolute Gasteiger partial charge is 0.138 e. The van der Waals surface area contributed by atoms with E-state index in [-0.39, 0.29) is 0 Å². The molecular formula is C13H10Cl2N4. The number of fused-ring (bicyclic) bond motifs is 1. The third kappa shape index (κ3) is 2.30. The summed E-state index contributed by atoms with van der Waals surface area (Å²) in [5.74, 6) is 0. The topological polar surface area (TPSA) is 56.2 Å². The van der Waals surface area contributed by atoms with E-state index in [0.29, 0.717) is 16.7 Å². The van der Waals surface area contributed by atoms with Crippen molar-refractivity contribution in [3.63, 3.8) is 0 Å². The standard InChI is InChI=1S/C13H10Cl2N4/c14-9-1-2-19-11(7-17-13(19)5-9)8-3-10(6-16)18-12(15)4-8/h1-5,7H,6,16H2. The third-order valence-electron chi connectivity index (χ3n) is 2.83. The Bertz CT molecular complexity index is 751. The fraction of sp³-hybridized carbons (Fsp3) is 0.0769. The van der Waals surface area contributed by atoms with Gasteiger partial charge in [0.05, 0.1) is 17.6 Å². The van der Waals surface area contributed by atoms with Gasteiger partial charge < -0.3 is 5.73 Å². The second kappa shape index (κ2) is 4.81. The van der Waals surface area contributed by atoms with Gasteiger partial charge in [0.25, 0.3) is 0 Å². The molecule has 96 valence electrons. The van der Waals surface area contributed by atoms with Crippen molar-refractivity contribution in [1.29, 1.82) is 0 Å². The lowest BCUT2D eigenvalue weighted by molar-refractivity contribution is 0.990. The monoisotopic (exact) mass is 292 g/mol. The molecule has 0 amide bonds. The second-order valence-electron chi connectivity index (χ2n) is 4.09. The molecule has 3 aromatic rings. The van der Waals surface area contributed by atoms with Crippen molar-refractivity contribution in [3.05, 3.63) is 52.5 Å². The Hall–Kier alpha value is -1.62. The van der Waals surface area contributed by atoms with Crippen molar-refractivity contribution in [1.82, 2.24) is 14.4 Å². The molecule has 0 aliphatic heterocycles. The summed E-state index contributed by atoms with van der Waals surface area (Å²) in [5.41, 5.74) is 8.98. The minimum absolute atomic E-state index is 0.343. The summed E-state index contributed by atoms with van der Waals surface area (Å²) >= 11 is 12.0. The van der Waals surface area contributed by atoms with Crippen molar-refractivity contribution < 1.29 is 0 Å². The summed E-state index contributed by atoms with van der Waals surface area (Å²) < 4.78 is 1.94. The lowest BCUT2D eigenvalue weighted by Gasteiger charge is -2.05. The Morgan fingerprint density at radius 1 is 1.21 bits per heavy atom. The zero-order valence-corrected chi connectivity index (χ0v) is 11.4. The highest BCUT2D eigenvalue weighted by Gasteiger charge is 2.08. The molecule has 3 rings (SSSR count). The minimum Gasteiger partial charge on any atom is -0.325 e. The van der Waals surface area contributed by atoms with Crippen LogP contribution < -0.4 is 5.73 Å². The minimum atomic E-state index is 0.343. The van der Waals surface area contributed by atoms with E-state index in [2.05, 4.69) is 9.97 Å². The first-order valence-electron chi connectivity index (χ1n) is 5.67. The maximum atomic E-state index is 6.00. The van der Waals surface area contributed by atoms with Crippen molar-refractivity contribution in [2.75, 3.05) is 0 Å². The maximum Gasteiger partial charge on any atom is 0.138 e. The summed E-state index contributed by atoms with van der Waals surface area (Å²) in [6, 6.07) is 7.31. The molecule has 0 unspecified atom stereocenters. The molecule has 0 aromatic carbocycles. The summed E-state index contributed by atoms with van der Waals surface area (Å²) in [6.45, 7) is 0.343. The molecule has 0 bridgehead atoms. The number of aromatic nitrogens is 3. The molecule has 19 heavy (non-hydrogen) atoms. The lowest BCUT2D eigenvalue weighted by atomic mass is 10.2. The Morgan fingerprint density at radius 2 is 2.05 bits per heavy atom. The number of nitrogens with two attached hydrogens (primary N) is 1. The number of hydrogen-bond acceptors (Lipinski definition) is 3. The highest BCUT2D eigenvalue weighted by atomic mass is 35.5. The first-order chi connectivity index (χ1) is 9.17. The van der Waals surface area contributed by atoms with Gasteiger partial charge in [-0.05, 0) is 18.2 Å². The van der Waals surface area contributed by atoms with Crippen molar-refractivity contribution in [2.24, 2.45) is 5.73 Å². The van der Waals surface area contributed by atoms with Crippen LogP contribution in [0, 0.1) is 0 Å². The van der Waals surface area contributed by atoms with E-state index in [4.69, 9.17) is 28.9 Å². The van der Waals surface area contributed by atoms with Gasteiger partial charge in [0, 0.05) is 29.4 Å². The van der Waals surface area contributed by atoms with Gasteiger partial charge in [0.15, 0.2) is 0 Å².